The van der Waals surface area contributed by atoms with E-state index in [9.17, 15) is 27.1 Å². The highest BCUT2D eigenvalue weighted by Gasteiger charge is 2.37. The topological polar surface area (TPSA) is 80.7 Å². The number of benzene rings is 2. The number of hydrogen-bond donors (Lipinski definition) is 1. The molecular formula is C17H14F2O5S. The fraction of sp³-hybridized carbons (Fsp3) is 0.235. The van der Waals surface area contributed by atoms with Crippen LogP contribution in [0.1, 0.15) is 24.5 Å². The van der Waals surface area contributed by atoms with E-state index < -0.39 is 39.3 Å². The van der Waals surface area contributed by atoms with Gasteiger partial charge in [-0.25, -0.2) is 22.0 Å². The van der Waals surface area contributed by atoms with Gasteiger partial charge < -0.3 is 9.84 Å². The van der Waals surface area contributed by atoms with Crippen LogP contribution >= 0.6 is 0 Å². The fourth-order valence-corrected chi connectivity index (χ4v) is 4.02. The van der Waals surface area contributed by atoms with Crippen molar-refractivity contribution in [3.63, 3.8) is 0 Å². The number of rotatable bonds is 6. The molecule has 2 aromatic carbocycles. The summed E-state index contributed by atoms with van der Waals surface area (Å²) in [5.74, 6) is -3.64. The Hall–Kier alpha value is -2.48. The molecule has 0 saturated heterocycles. The molecule has 5 nitrogen and oxygen atoms in total. The highest BCUT2D eigenvalue weighted by molar-refractivity contribution is 7.92. The lowest BCUT2D eigenvalue weighted by atomic mass is 10.1. The molecule has 0 heterocycles. The smallest absolute Gasteiger partial charge is 0.349 e. The summed E-state index contributed by atoms with van der Waals surface area (Å²) in [6, 6.07) is 7.77. The molecule has 132 valence electrons. The lowest BCUT2D eigenvalue weighted by molar-refractivity contribution is -0.145. The second kappa shape index (κ2) is 6.44. The van der Waals surface area contributed by atoms with Crippen molar-refractivity contribution in [3.05, 3.63) is 59.7 Å². The summed E-state index contributed by atoms with van der Waals surface area (Å²) in [5.41, 5.74) is 0.144. The van der Waals surface area contributed by atoms with Gasteiger partial charge >= 0.3 is 5.97 Å². The van der Waals surface area contributed by atoms with Gasteiger partial charge in [0.1, 0.15) is 5.82 Å². The number of ether oxygens (including phenoxy) is 1. The molecule has 1 aliphatic rings. The maximum atomic E-state index is 13.7. The maximum Gasteiger partial charge on any atom is 0.349 e. The molecule has 1 unspecified atom stereocenters. The Bertz CT molecular complexity index is 905. The van der Waals surface area contributed by atoms with E-state index in [2.05, 4.69) is 0 Å². The van der Waals surface area contributed by atoms with Crippen LogP contribution in [0.25, 0.3) is 0 Å². The second-order valence-corrected chi connectivity index (χ2v) is 7.95. The van der Waals surface area contributed by atoms with Gasteiger partial charge in [0.15, 0.2) is 21.4 Å². The maximum absolute atomic E-state index is 13.7. The van der Waals surface area contributed by atoms with Gasteiger partial charge in [0.2, 0.25) is 6.10 Å². The molecule has 0 aromatic heterocycles. The van der Waals surface area contributed by atoms with Crippen molar-refractivity contribution in [1.82, 2.24) is 0 Å². The molecule has 2 aromatic rings. The van der Waals surface area contributed by atoms with Crippen LogP contribution in [0.3, 0.4) is 0 Å². The monoisotopic (exact) mass is 368 g/mol. The van der Waals surface area contributed by atoms with Gasteiger partial charge in [-0.2, -0.15) is 0 Å². The molecule has 1 saturated carbocycles. The Labute approximate surface area is 142 Å². The van der Waals surface area contributed by atoms with Crippen LogP contribution in [0.2, 0.25) is 0 Å². The predicted molar refractivity (Wildman–Crippen MR) is 84.0 cm³/mol. The normalized spacial score (nSPS) is 15.6. The van der Waals surface area contributed by atoms with Crippen LogP contribution in [-0.2, 0) is 14.6 Å². The molecule has 3 rings (SSSR count). The van der Waals surface area contributed by atoms with E-state index in [1.165, 1.54) is 24.3 Å². The minimum absolute atomic E-state index is 0.107. The lowest BCUT2D eigenvalue weighted by Crippen LogP contribution is -2.19. The van der Waals surface area contributed by atoms with Crippen molar-refractivity contribution in [2.75, 3.05) is 0 Å². The number of carbonyl (C=O) groups is 1. The standard InChI is InChI=1S/C17H14F2O5S/c18-11-3-8-15(14(19)9-11)24-16(17(20)21)10-1-4-12(5-2-10)25(22,23)13-6-7-13/h1-5,8-9,13,16H,6-7H2,(H,20,21). The van der Waals surface area contributed by atoms with Crippen molar-refractivity contribution in [2.45, 2.75) is 29.1 Å². The van der Waals surface area contributed by atoms with Gasteiger partial charge in [-0.3, -0.25) is 0 Å². The highest BCUT2D eigenvalue weighted by Crippen LogP contribution is 2.34. The summed E-state index contributed by atoms with van der Waals surface area (Å²) in [6.07, 6.45) is -0.318. The van der Waals surface area contributed by atoms with Crippen molar-refractivity contribution >= 4 is 15.8 Å². The van der Waals surface area contributed by atoms with Crippen LogP contribution in [0, 0.1) is 11.6 Å². The van der Waals surface area contributed by atoms with Gasteiger partial charge in [0.25, 0.3) is 0 Å². The summed E-state index contributed by atoms with van der Waals surface area (Å²) in [4.78, 5) is 11.6. The van der Waals surface area contributed by atoms with E-state index in [0.29, 0.717) is 18.9 Å². The Morgan fingerprint density at radius 3 is 2.28 bits per heavy atom. The average Bonchev–Trinajstić information content (AvgIpc) is 3.39. The minimum atomic E-state index is -3.39. The molecule has 0 aliphatic heterocycles. The Morgan fingerprint density at radius 1 is 1.12 bits per heavy atom. The quantitative estimate of drug-likeness (QED) is 0.847. The van der Waals surface area contributed by atoms with E-state index in [4.69, 9.17) is 4.74 Å². The van der Waals surface area contributed by atoms with E-state index in [1.54, 1.807) is 0 Å². The van der Waals surface area contributed by atoms with Crippen LogP contribution in [0.4, 0.5) is 8.78 Å². The summed E-state index contributed by atoms with van der Waals surface area (Å²) < 4.78 is 56.0. The van der Waals surface area contributed by atoms with Crippen molar-refractivity contribution in [1.29, 1.82) is 0 Å². The van der Waals surface area contributed by atoms with Crippen LogP contribution in [0.5, 0.6) is 5.75 Å². The predicted octanol–water partition coefficient (Wildman–Crippen LogP) is 3.11. The van der Waals surface area contributed by atoms with Gasteiger partial charge in [-0.1, -0.05) is 12.1 Å². The first kappa shape index (κ1) is 17.3. The highest BCUT2D eigenvalue weighted by atomic mass is 32.2. The number of carboxylic acid groups (broad SMARTS) is 1. The Kier molecular flexibility index (Phi) is 4.47. The van der Waals surface area contributed by atoms with Crippen molar-refractivity contribution in [3.8, 4) is 5.75 Å². The molecule has 0 spiro atoms. The molecule has 25 heavy (non-hydrogen) atoms. The fourth-order valence-electron chi connectivity index (χ4n) is 2.36. The lowest BCUT2D eigenvalue weighted by Gasteiger charge is -2.16. The molecule has 1 aliphatic carbocycles. The van der Waals surface area contributed by atoms with E-state index in [1.807, 2.05) is 0 Å². The summed E-state index contributed by atoms with van der Waals surface area (Å²) in [5, 5.41) is 8.94. The molecule has 1 atom stereocenters. The van der Waals surface area contributed by atoms with Crippen LogP contribution in [-0.4, -0.2) is 24.7 Å². The third kappa shape index (κ3) is 3.63. The second-order valence-electron chi connectivity index (χ2n) is 5.72. The largest absolute Gasteiger partial charge is 0.478 e. The zero-order valence-electron chi connectivity index (χ0n) is 12.9. The molecule has 0 radical (unpaired) electrons. The van der Waals surface area contributed by atoms with E-state index >= 15 is 0 Å². The summed E-state index contributed by atoms with van der Waals surface area (Å²) in [6.45, 7) is 0. The zero-order chi connectivity index (χ0) is 18.2. The number of carboxylic acids is 1. The minimum Gasteiger partial charge on any atom is -0.478 e. The molecule has 0 amide bonds. The number of aliphatic carboxylic acids is 1. The molecule has 0 bridgehead atoms. The molecule has 8 heteroatoms. The molecular weight excluding hydrogens is 354 g/mol. The van der Waals surface area contributed by atoms with E-state index in [0.717, 1.165) is 12.1 Å². The summed E-state index contributed by atoms with van der Waals surface area (Å²) in [7, 11) is -3.39. The van der Waals surface area contributed by atoms with Gasteiger partial charge in [-0.15, -0.1) is 0 Å². The SMILES string of the molecule is O=C(O)C(Oc1ccc(F)cc1F)c1ccc(S(=O)(=O)C2CC2)cc1. The van der Waals surface area contributed by atoms with Gasteiger partial charge in [0, 0.05) is 11.6 Å². The third-order valence-electron chi connectivity index (χ3n) is 3.84. The van der Waals surface area contributed by atoms with Gasteiger partial charge in [-0.05, 0) is 37.1 Å². The van der Waals surface area contributed by atoms with Crippen molar-refractivity contribution < 1.29 is 31.8 Å². The first-order chi connectivity index (χ1) is 11.8. The number of halogens is 2. The number of hydrogen-bond acceptors (Lipinski definition) is 4. The van der Waals surface area contributed by atoms with Gasteiger partial charge in [0.05, 0.1) is 10.1 Å². The molecule has 1 fully saturated rings. The first-order valence-corrected chi connectivity index (χ1v) is 9.02. The average molecular weight is 368 g/mol. The summed E-state index contributed by atoms with van der Waals surface area (Å²) >= 11 is 0. The van der Waals surface area contributed by atoms with Crippen molar-refractivity contribution in [2.24, 2.45) is 0 Å². The number of sulfone groups is 1. The Morgan fingerprint density at radius 2 is 1.76 bits per heavy atom. The van der Waals surface area contributed by atoms with Crippen LogP contribution < -0.4 is 4.74 Å². The van der Waals surface area contributed by atoms with E-state index in [-0.39, 0.29) is 15.7 Å². The molecule has 1 N–H and O–H groups in total. The van der Waals surface area contributed by atoms with Crippen LogP contribution in [0.15, 0.2) is 47.4 Å². The zero-order valence-corrected chi connectivity index (χ0v) is 13.7. The third-order valence-corrected chi connectivity index (χ3v) is 6.12. The first-order valence-electron chi connectivity index (χ1n) is 7.47. The Balaban J connectivity index is 1.87.